The van der Waals surface area contributed by atoms with Crippen molar-refractivity contribution in [2.75, 3.05) is 31.6 Å². The van der Waals surface area contributed by atoms with Crippen LogP contribution in [0.5, 0.6) is 0 Å². The predicted octanol–water partition coefficient (Wildman–Crippen LogP) is 0.804. The van der Waals surface area contributed by atoms with Gasteiger partial charge in [-0.2, -0.15) is 0 Å². The monoisotopic (exact) mass is 263 g/mol. The van der Waals surface area contributed by atoms with Crippen molar-refractivity contribution in [3.05, 3.63) is 29.8 Å². The largest absolute Gasteiger partial charge is 0.379 e. The molecule has 0 spiro atoms. The molecule has 1 aromatic carbocycles. The summed E-state index contributed by atoms with van der Waals surface area (Å²) in [5.41, 5.74) is 7.53. The lowest BCUT2D eigenvalue weighted by Crippen LogP contribution is -2.35. The lowest BCUT2D eigenvalue weighted by molar-refractivity contribution is -0.117. The van der Waals surface area contributed by atoms with Gasteiger partial charge in [-0.1, -0.05) is 12.1 Å². The molecule has 0 aromatic heterocycles. The molecule has 1 saturated heterocycles. The fraction of sp³-hybridized carbons (Fsp3) is 0.500. The minimum atomic E-state index is -0.493. The van der Waals surface area contributed by atoms with E-state index in [4.69, 9.17) is 10.5 Å². The molecule has 5 heteroatoms. The molecule has 3 N–H and O–H groups in total. The van der Waals surface area contributed by atoms with Gasteiger partial charge in [-0.3, -0.25) is 9.69 Å². The summed E-state index contributed by atoms with van der Waals surface area (Å²) < 4.78 is 5.32. The molecule has 19 heavy (non-hydrogen) atoms. The van der Waals surface area contributed by atoms with E-state index in [-0.39, 0.29) is 5.91 Å². The summed E-state index contributed by atoms with van der Waals surface area (Å²) in [6, 6.07) is 7.40. The summed E-state index contributed by atoms with van der Waals surface area (Å²) >= 11 is 0. The van der Waals surface area contributed by atoms with Gasteiger partial charge in [0, 0.05) is 25.3 Å². The Morgan fingerprint density at radius 2 is 2.00 bits per heavy atom. The first-order valence-corrected chi connectivity index (χ1v) is 6.60. The van der Waals surface area contributed by atoms with Crippen molar-refractivity contribution >= 4 is 11.6 Å². The fourth-order valence-electron chi connectivity index (χ4n) is 1.97. The number of hydrogen-bond acceptors (Lipinski definition) is 4. The van der Waals surface area contributed by atoms with Crippen LogP contribution in [-0.2, 0) is 16.1 Å². The number of morpholine rings is 1. The Kier molecular flexibility index (Phi) is 4.90. The molecule has 1 heterocycles. The van der Waals surface area contributed by atoms with Gasteiger partial charge in [0.2, 0.25) is 5.91 Å². The van der Waals surface area contributed by atoms with Crippen molar-refractivity contribution in [3.63, 3.8) is 0 Å². The lowest BCUT2D eigenvalue weighted by atomic mass is 10.2. The average Bonchev–Trinajstić information content (AvgIpc) is 2.42. The molecule has 1 aliphatic rings. The van der Waals surface area contributed by atoms with Crippen molar-refractivity contribution < 1.29 is 9.53 Å². The first kappa shape index (κ1) is 14.0. The highest BCUT2D eigenvalue weighted by Gasteiger charge is 2.11. The van der Waals surface area contributed by atoms with E-state index in [1.807, 2.05) is 24.3 Å². The molecule has 0 aliphatic carbocycles. The highest BCUT2D eigenvalue weighted by molar-refractivity contribution is 5.94. The van der Waals surface area contributed by atoms with E-state index >= 15 is 0 Å². The Balaban J connectivity index is 1.88. The Labute approximate surface area is 113 Å². The number of nitrogens with zero attached hydrogens (tertiary/aromatic N) is 1. The standard InChI is InChI=1S/C14H21N3O2/c1-11(15)14(18)16-13-4-2-12(3-5-13)10-17-6-8-19-9-7-17/h2-5,11H,6-10,15H2,1H3,(H,16,18)/t11-/m1/s1. The van der Waals surface area contributed by atoms with E-state index in [1.54, 1.807) is 6.92 Å². The molecule has 0 radical (unpaired) electrons. The molecule has 1 amide bonds. The van der Waals surface area contributed by atoms with Gasteiger partial charge in [-0.05, 0) is 24.6 Å². The number of hydrogen-bond donors (Lipinski definition) is 2. The first-order valence-electron chi connectivity index (χ1n) is 6.60. The van der Waals surface area contributed by atoms with Crippen LogP contribution in [0.4, 0.5) is 5.69 Å². The highest BCUT2D eigenvalue weighted by atomic mass is 16.5. The number of carbonyl (C=O) groups excluding carboxylic acids is 1. The molecule has 104 valence electrons. The summed E-state index contributed by atoms with van der Waals surface area (Å²) in [4.78, 5) is 13.8. The molecular formula is C14H21N3O2. The molecule has 1 atom stereocenters. The number of rotatable bonds is 4. The van der Waals surface area contributed by atoms with E-state index in [0.717, 1.165) is 38.5 Å². The van der Waals surface area contributed by atoms with Crippen LogP contribution in [0, 0.1) is 0 Å². The Morgan fingerprint density at radius 1 is 1.37 bits per heavy atom. The average molecular weight is 263 g/mol. The number of nitrogens with two attached hydrogens (primary N) is 1. The van der Waals surface area contributed by atoms with Gasteiger partial charge in [0.1, 0.15) is 0 Å². The number of benzene rings is 1. The van der Waals surface area contributed by atoms with Crippen molar-refractivity contribution in [2.24, 2.45) is 5.73 Å². The minimum absolute atomic E-state index is 0.166. The van der Waals surface area contributed by atoms with Crippen LogP contribution in [-0.4, -0.2) is 43.2 Å². The zero-order valence-corrected chi connectivity index (χ0v) is 11.3. The number of anilines is 1. The van der Waals surface area contributed by atoms with Crippen molar-refractivity contribution in [1.29, 1.82) is 0 Å². The second-order valence-corrected chi connectivity index (χ2v) is 4.86. The topological polar surface area (TPSA) is 67.6 Å². The van der Waals surface area contributed by atoms with Crippen molar-refractivity contribution in [3.8, 4) is 0 Å². The highest BCUT2D eigenvalue weighted by Crippen LogP contribution is 2.12. The third-order valence-corrected chi connectivity index (χ3v) is 3.14. The molecule has 1 aromatic rings. The molecule has 0 unspecified atom stereocenters. The quantitative estimate of drug-likeness (QED) is 0.843. The third-order valence-electron chi connectivity index (χ3n) is 3.14. The van der Waals surface area contributed by atoms with E-state index < -0.39 is 6.04 Å². The Bertz CT molecular complexity index is 411. The molecule has 5 nitrogen and oxygen atoms in total. The Hall–Kier alpha value is -1.43. The predicted molar refractivity (Wildman–Crippen MR) is 74.8 cm³/mol. The van der Waals surface area contributed by atoms with Crippen LogP contribution in [0.15, 0.2) is 24.3 Å². The minimum Gasteiger partial charge on any atom is -0.379 e. The first-order chi connectivity index (χ1) is 9.15. The van der Waals surface area contributed by atoms with Gasteiger partial charge < -0.3 is 15.8 Å². The smallest absolute Gasteiger partial charge is 0.240 e. The summed E-state index contributed by atoms with van der Waals surface area (Å²) in [5.74, 6) is -0.166. The molecule has 0 saturated carbocycles. The van der Waals surface area contributed by atoms with Crippen LogP contribution in [0.2, 0.25) is 0 Å². The van der Waals surface area contributed by atoms with Gasteiger partial charge in [0.25, 0.3) is 0 Å². The number of carbonyl (C=O) groups is 1. The number of amides is 1. The second-order valence-electron chi connectivity index (χ2n) is 4.86. The maximum absolute atomic E-state index is 11.5. The fourth-order valence-corrected chi connectivity index (χ4v) is 1.97. The third kappa shape index (κ3) is 4.31. The van der Waals surface area contributed by atoms with E-state index in [0.29, 0.717) is 0 Å². The zero-order chi connectivity index (χ0) is 13.7. The van der Waals surface area contributed by atoms with E-state index in [1.165, 1.54) is 5.56 Å². The SMILES string of the molecule is C[C@@H](N)C(=O)Nc1ccc(CN2CCOCC2)cc1. The van der Waals surface area contributed by atoms with Gasteiger partial charge in [-0.25, -0.2) is 0 Å². The van der Waals surface area contributed by atoms with Crippen molar-refractivity contribution in [2.45, 2.75) is 19.5 Å². The number of nitrogens with one attached hydrogen (secondary N) is 1. The molecule has 0 bridgehead atoms. The maximum Gasteiger partial charge on any atom is 0.240 e. The number of ether oxygens (including phenoxy) is 1. The van der Waals surface area contributed by atoms with Crippen molar-refractivity contribution in [1.82, 2.24) is 4.90 Å². The van der Waals surface area contributed by atoms with Crippen LogP contribution < -0.4 is 11.1 Å². The Morgan fingerprint density at radius 3 is 2.58 bits per heavy atom. The van der Waals surface area contributed by atoms with Crippen LogP contribution in [0.25, 0.3) is 0 Å². The zero-order valence-electron chi connectivity index (χ0n) is 11.3. The summed E-state index contributed by atoms with van der Waals surface area (Å²) in [7, 11) is 0. The lowest BCUT2D eigenvalue weighted by Gasteiger charge is -2.26. The molecule has 2 rings (SSSR count). The molecular weight excluding hydrogens is 242 g/mol. The van der Waals surface area contributed by atoms with Gasteiger partial charge in [0.05, 0.1) is 19.3 Å². The normalized spacial score (nSPS) is 18.0. The molecule has 1 fully saturated rings. The van der Waals surface area contributed by atoms with Gasteiger partial charge in [-0.15, -0.1) is 0 Å². The van der Waals surface area contributed by atoms with Gasteiger partial charge in [0.15, 0.2) is 0 Å². The summed E-state index contributed by atoms with van der Waals surface area (Å²) in [6.07, 6.45) is 0. The van der Waals surface area contributed by atoms with Crippen LogP contribution in [0.1, 0.15) is 12.5 Å². The summed E-state index contributed by atoms with van der Waals surface area (Å²) in [6.45, 7) is 6.16. The van der Waals surface area contributed by atoms with Crippen LogP contribution in [0.3, 0.4) is 0 Å². The summed E-state index contributed by atoms with van der Waals surface area (Å²) in [5, 5.41) is 2.77. The van der Waals surface area contributed by atoms with Gasteiger partial charge >= 0.3 is 0 Å². The van der Waals surface area contributed by atoms with Crippen LogP contribution >= 0.6 is 0 Å². The van der Waals surface area contributed by atoms with E-state index in [9.17, 15) is 4.79 Å². The second kappa shape index (κ2) is 6.65. The van der Waals surface area contributed by atoms with E-state index in [2.05, 4.69) is 10.2 Å². The maximum atomic E-state index is 11.5. The molecule has 1 aliphatic heterocycles.